The molecule has 4 heteroatoms. The van der Waals surface area contributed by atoms with E-state index in [1.807, 2.05) is 0 Å². The Morgan fingerprint density at radius 2 is 1.90 bits per heavy atom. The van der Waals surface area contributed by atoms with Crippen molar-refractivity contribution in [3.63, 3.8) is 0 Å². The number of rotatable bonds is 5. The van der Waals surface area contributed by atoms with E-state index < -0.39 is 0 Å². The van der Waals surface area contributed by atoms with E-state index in [9.17, 15) is 4.79 Å². The van der Waals surface area contributed by atoms with Crippen LogP contribution in [0.5, 0.6) is 0 Å². The summed E-state index contributed by atoms with van der Waals surface area (Å²) in [4.78, 5) is 17.5. The molecular formula is C17H31N3O. The van der Waals surface area contributed by atoms with Gasteiger partial charge in [0, 0.05) is 12.6 Å². The summed E-state index contributed by atoms with van der Waals surface area (Å²) in [5, 5.41) is 3.75. The summed E-state index contributed by atoms with van der Waals surface area (Å²) < 4.78 is 0. The van der Waals surface area contributed by atoms with Crippen molar-refractivity contribution in [2.45, 2.75) is 70.1 Å². The SMILES string of the molecule is CC(C)C(CN(C)C)N1C(=O)C2(CC2)NC1C1CCCC1. The van der Waals surface area contributed by atoms with Crippen LogP contribution in [-0.2, 0) is 4.79 Å². The average molecular weight is 293 g/mol. The number of nitrogens with zero attached hydrogens (tertiary/aromatic N) is 2. The first-order chi connectivity index (χ1) is 9.94. The quantitative estimate of drug-likeness (QED) is 0.843. The second-order valence-electron chi connectivity index (χ2n) is 8.00. The average Bonchev–Trinajstić information content (AvgIpc) is 2.89. The van der Waals surface area contributed by atoms with Crippen LogP contribution in [0.3, 0.4) is 0 Å². The zero-order valence-electron chi connectivity index (χ0n) is 14.1. The van der Waals surface area contributed by atoms with Gasteiger partial charge >= 0.3 is 0 Å². The standard InChI is InChI=1S/C17H31N3O/c1-12(2)14(11-19(3)4)20-15(13-7-5-6-8-13)18-17(9-10-17)16(20)21/h12-15,18H,5-11H2,1-4H3. The Morgan fingerprint density at radius 3 is 2.38 bits per heavy atom. The molecule has 0 aromatic rings. The largest absolute Gasteiger partial charge is 0.321 e. The van der Waals surface area contributed by atoms with Crippen molar-refractivity contribution < 1.29 is 4.79 Å². The van der Waals surface area contributed by atoms with Crippen LogP contribution in [0.25, 0.3) is 0 Å². The minimum Gasteiger partial charge on any atom is -0.321 e. The van der Waals surface area contributed by atoms with E-state index in [-0.39, 0.29) is 11.7 Å². The molecule has 1 spiro atoms. The molecule has 0 radical (unpaired) electrons. The molecule has 2 saturated carbocycles. The number of hydrogen-bond donors (Lipinski definition) is 1. The van der Waals surface area contributed by atoms with Crippen LogP contribution >= 0.6 is 0 Å². The minimum absolute atomic E-state index is 0.174. The van der Waals surface area contributed by atoms with Gasteiger partial charge in [-0.05, 0) is 51.6 Å². The number of carbonyl (C=O) groups is 1. The van der Waals surface area contributed by atoms with Crippen molar-refractivity contribution in [2.24, 2.45) is 11.8 Å². The van der Waals surface area contributed by atoms with E-state index in [1.54, 1.807) is 0 Å². The number of amides is 1. The van der Waals surface area contributed by atoms with Crippen LogP contribution in [0, 0.1) is 11.8 Å². The lowest BCUT2D eigenvalue weighted by Crippen LogP contribution is -2.53. The maximum atomic E-state index is 13.0. The molecule has 4 nitrogen and oxygen atoms in total. The third-order valence-electron chi connectivity index (χ3n) is 5.64. The third-order valence-corrected chi connectivity index (χ3v) is 5.64. The van der Waals surface area contributed by atoms with E-state index in [0.717, 1.165) is 19.4 Å². The number of hydrogen-bond acceptors (Lipinski definition) is 3. The van der Waals surface area contributed by atoms with E-state index in [4.69, 9.17) is 0 Å². The fourth-order valence-corrected chi connectivity index (χ4v) is 4.24. The van der Waals surface area contributed by atoms with Gasteiger partial charge in [-0.3, -0.25) is 10.1 Å². The monoisotopic (exact) mass is 293 g/mol. The van der Waals surface area contributed by atoms with Gasteiger partial charge in [-0.1, -0.05) is 26.7 Å². The maximum Gasteiger partial charge on any atom is 0.244 e. The highest BCUT2D eigenvalue weighted by molar-refractivity contribution is 5.92. The van der Waals surface area contributed by atoms with Gasteiger partial charge in [0.15, 0.2) is 0 Å². The van der Waals surface area contributed by atoms with Gasteiger partial charge in [0.2, 0.25) is 5.91 Å². The molecule has 21 heavy (non-hydrogen) atoms. The summed E-state index contributed by atoms with van der Waals surface area (Å²) in [5.74, 6) is 1.55. The lowest BCUT2D eigenvalue weighted by atomic mass is 9.97. The molecule has 1 saturated heterocycles. The van der Waals surface area contributed by atoms with Crippen molar-refractivity contribution in [1.29, 1.82) is 0 Å². The Balaban J connectivity index is 1.85. The predicted octanol–water partition coefficient (Wildman–Crippen LogP) is 2.05. The van der Waals surface area contributed by atoms with E-state index in [1.165, 1.54) is 25.7 Å². The van der Waals surface area contributed by atoms with Crippen molar-refractivity contribution in [2.75, 3.05) is 20.6 Å². The maximum absolute atomic E-state index is 13.0. The Kier molecular flexibility index (Phi) is 4.04. The van der Waals surface area contributed by atoms with Gasteiger partial charge < -0.3 is 9.80 Å². The smallest absolute Gasteiger partial charge is 0.244 e. The van der Waals surface area contributed by atoms with E-state index in [2.05, 4.69) is 43.1 Å². The number of nitrogens with one attached hydrogen (secondary N) is 1. The van der Waals surface area contributed by atoms with Gasteiger partial charge in [0.05, 0.1) is 11.7 Å². The first-order valence-corrected chi connectivity index (χ1v) is 8.70. The first-order valence-electron chi connectivity index (χ1n) is 8.70. The summed E-state index contributed by atoms with van der Waals surface area (Å²) in [6.07, 6.45) is 7.59. The molecule has 120 valence electrons. The molecule has 3 fully saturated rings. The Bertz CT molecular complexity index is 397. The molecule has 2 unspecified atom stereocenters. The Labute approximate surface area is 129 Å². The third kappa shape index (κ3) is 2.72. The topological polar surface area (TPSA) is 35.6 Å². The Hall–Kier alpha value is -0.610. The van der Waals surface area contributed by atoms with Gasteiger partial charge in [-0.15, -0.1) is 0 Å². The number of likely N-dealkylation sites (N-methyl/N-ethyl adjacent to an activating group) is 1. The number of carbonyl (C=O) groups excluding carboxylic acids is 1. The van der Waals surface area contributed by atoms with Crippen LogP contribution in [0.4, 0.5) is 0 Å². The summed E-state index contributed by atoms with van der Waals surface area (Å²) in [5.41, 5.74) is -0.174. The van der Waals surface area contributed by atoms with Crippen LogP contribution in [0.1, 0.15) is 52.4 Å². The van der Waals surface area contributed by atoms with Gasteiger partial charge in [0.1, 0.15) is 0 Å². The summed E-state index contributed by atoms with van der Waals surface area (Å²) in [6.45, 7) is 5.47. The molecule has 1 amide bonds. The van der Waals surface area contributed by atoms with Gasteiger partial charge in [0.25, 0.3) is 0 Å². The fourth-order valence-electron chi connectivity index (χ4n) is 4.24. The van der Waals surface area contributed by atoms with Crippen molar-refractivity contribution in [1.82, 2.24) is 15.1 Å². The zero-order valence-corrected chi connectivity index (χ0v) is 14.1. The van der Waals surface area contributed by atoms with Crippen molar-refractivity contribution >= 4 is 5.91 Å². The molecule has 3 rings (SSSR count). The highest BCUT2D eigenvalue weighted by Gasteiger charge is 2.61. The highest BCUT2D eigenvalue weighted by atomic mass is 16.2. The molecule has 3 aliphatic rings. The molecule has 1 heterocycles. The van der Waals surface area contributed by atoms with Crippen molar-refractivity contribution in [3.8, 4) is 0 Å². The van der Waals surface area contributed by atoms with Gasteiger partial charge in [-0.25, -0.2) is 0 Å². The molecule has 1 aliphatic heterocycles. The van der Waals surface area contributed by atoms with E-state index >= 15 is 0 Å². The predicted molar refractivity (Wildman–Crippen MR) is 84.9 cm³/mol. The molecule has 0 aromatic carbocycles. The first kappa shape index (κ1) is 15.3. The molecule has 0 bridgehead atoms. The highest BCUT2D eigenvalue weighted by Crippen LogP contribution is 2.46. The van der Waals surface area contributed by atoms with E-state index in [0.29, 0.717) is 23.8 Å². The normalized spacial score (nSPS) is 30.1. The summed E-state index contributed by atoms with van der Waals surface area (Å²) in [7, 11) is 4.22. The molecule has 1 N–H and O–H groups in total. The minimum atomic E-state index is -0.174. The molecule has 2 atom stereocenters. The summed E-state index contributed by atoms with van der Waals surface area (Å²) in [6, 6.07) is 0.325. The van der Waals surface area contributed by atoms with Crippen LogP contribution in [0.15, 0.2) is 0 Å². The van der Waals surface area contributed by atoms with Crippen LogP contribution < -0.4 is 5.32 Å². The van der Waals surface area contributed by atoms with Crippen LogP contribution in [-0.4, -0.2) is 54.1 Å². The molecule has 2 aliphatic carbocycles. The lowest BCUT2D eigenvalue weighted by Gasteiger charge is -2.39. The second kappa shape index (κ2) is 5.54. The Morgan fingerprint density at radius 1 is 1.29 bits per heavy atom. The van der Waals surface area contributed by atoms with Crippen molar-refractivity contribution in [3.05, 3.63) is 0 Å². The lowest BCUT2D eigenvalue weighted by molar-refractivity contribution is -0.135. The second-order valence-corrected chi connectivity index (χ2v) is 8.00. The fraction of sp³-hybridized carbons (Fsp3) is 0.941. The molecule has 0 aromatic heterocycles. The van der Waals surface area contributed by atoms with Crippen LogP contribution in [0.2, 0.25) is 0 Å². The molecular weight excluding hydrogens is 262 g/mol. The van der Waals surface area contributed by atoms with Gasteiger partial charge in [-0.2, -0.15) is 0 Å². The zero-order chi connectivity index (χ0) is 15.2. The summed E-state index contributed by atoms with van der Waals surface area (Å²) >= 11 is 0.